The lowest BCUT2D eigenvalue weighted by molar-refractivity contribution is 0.434. The molecule has 0 saturated carbocycles. The fourth-order valence-corrected chi connectivity index (χ4v) is 0.287. The maximum Gasteiger partial charge on any atom is 0.110 e. The molecule has 0 heterocycles. The molecule has 0 aliphatic heterocycles. The molecule has 0 saturated heterocycles. The van der Waals surface area contributed by atoms with Gasteiger partial charge in [0.25, 0.3) is 0 Å². The number of rotatable bonds is 2. The third kappa shape index (κ3) is 3.15. The van der Waals surface area contributed by atoms with Crippen LogP contribution in [0.2, 0.25) is 0 Å². The lowest BCUT2D eigenvalue weighted by Gasteiger charge is -1.86. The molecule has 0 fully saturated rings. The Kier molecular flexibility index (Phi) is 2.62. The second kappa shape index (κ2) is 3.02. The molecular weight excluding hydrogens is 102 g/mol. The Morgan fingerprint density at radius 1 is 1.75 bits per heavy atom. The summed E-state index contributed by atoms with van der Waals surface area (Å²) in [5, 5.41) is 8.50. The van der Waals surface area contributed by atoms with E-state index in [2.05, 4.69) is 18.3 Å². The van der Waals surface area contributed by atoms with Gasteiger partial charge in [0.1, 0.15) is 5.76 Å². The molecule has 0 amide bonds. The van der Waals surface area contributed by atoms with E-state index in [1.54, 1.807) is 6.92 Å². The van der Waals surface area contributed by atoms with Gasteiger partial charge in [0, 0.05) is 11.8 Å². The monoisotopic (exact) mass is 111 g/mol. The van der Waals surface area contributed by atoms with E-state index in [0.717, 1.165) is 0 Å². The van der Waals surface area contributed by atoms with E-state index >= 15 is 0 Å². The second-order valence-electron chi connectivity index (χ2n) is 1.44. The van der Waals surface area contributed by atoms with Gasteiger partial charge in [-0.1, -0.05) is 6.58 Å². The third-order valence-electron chi connectivity index (χ3n) is 0.625. The molecule has 0 aliphatic carbocycles. The van der Waals surface area contributed by atoms with Crippen molar-refractivity contribution in [1.29, 1.82) is 0 Å². The van der Waals surface area contributed by atoms with Crippen molar-refractivity contribution >= 4 is 6.72 Å². The number of aliphatic hydroxyl groups excluding tert-OH is 1. The van der Waals surface area contributed by atoms with Gasteiger partial charge in [-0.15, -0.1) is 0 Å². The van der Waals surface area contributed by atoms with Crippen molar-refractivity contribution in [2.24, 2.45) is 4.99 Å². The van der Waals surface area contributed by atoms with Gasteiger partial charge in [-0.2, -0.15) is 0 Å². The van der Waals surface area contributed by atoms with Crippen molar-refractivity contribution in [3.63, 3.8) is 0 Å². The van der Waals surface area contributed by atoms with Crippen LogP contribution in [0.4, 0.5) is 0 Å². The number of nitrogens with zero attached hydrogens (tertiary/aromatic N) is 1. The van der Waals surface area contributed by atoms with Gasteiger partial charge in [-0.05, 0) is 13.6 Å². The maximum atomic E-state index is 8.50. The SMILES string of the molecule is C=N/C(C)=C/C(=C)O. The van der Waals surface area contributed by atoms with E-state index in [-0.39, 0.29) is 5.76 Å². The second-order valence-corrected chi connectivity index (χ2v) is 1.44. The fourth-order valence-electron chi connectivity index (χ4n) is 0.287. The summed E-state index contributed by atoms with van der Waals surface area (Å²) >= 11 is 0. The van der Waals surface area contributed by atoms with Gasteiger partial charge < -0.3 is 5.11 Å². The Morgan fingerprint density at radius 3 is 2.38 bits per heavy atom. The van der Waals surface area contributed by atoms with Gasteiger partial charge in [-0.25, -0.2) is 0 Å². The van der Waals surface area contributed by atoms with Crippen molar-refractivity contribution in [3.8, 4) is 0 Å². The van der Waals surface area contributed by atoms with E-state index in [1.165, 1.54) is 6.08 Å². The zero-order valence-electron chi connectivity index (χ0n) is 4.89. The van der Waals surface area contributed by atoms with Crippen LogP contribution in [0.3, 0.4) is 0 Å². The molecule has 44 valence electrons. The van der Waals surface area contributed by atoms with Crippen LogP contribution in [0.15, 0.2) is 29.1 Å². The van der Waals surface area contributed by atoms with Crippen molar-refractivity contribution < 1.29 is 5.11 Å². The zero-order valence-corrected chi connectivity index (χ0v) is 4.89. The summed E-state index contributed by atoms with van der Waals surface area (Å²) in [5.41, 5.74) is 0.664. The van der Waals surface area contributed by atoms with Crippen LogP contribution >= 0.6 is 0 Å². The normalized spacial score (nSPS) is 10.9. The highest BCUT2D eigenvalue weighted by molar-refractivity contribution is 5.29. The van der Waals surface area contributed by atoms with Crippen LogP contribution in [0.25, 0.3) is 0 Å². The number of hydrogen-bond donors (Lipinski definition) is 1. The summed E-state index contributed by atoms with van der Waals surface area (Å²) < 4.78 is 0. The summed E-state index contributed by atoms with van der Waals surface area (Å²) in [6.07, 6.45) is 1.44. The molecule has 2 heteroatoms. The number of hydrogen-bond acceptors (Lipinski definition) is 2. The van der Waals surface area contributed by atoms with Gasteiger partial charge in [0.05, 0.1) is 0 Å². The Hall–Kier alpha value is -1.05. The topological polar surface area (TPSA) is 32.6 Å². The van der Waals surface area contributed by atoms with E-state index in [1.807, 2.05) is 0 Å². The highest BCUT2D eigenvalue weighted by atomic mass is 16.3. The minimum absolute atomic E-state index is 0.00917. The van der Waals surface area contributed by atoms with E-state index < -0.39 is 0 Å². The van der Waals surface area contributed by atoms with Crippen molar-refractivity contribution in [3.05, 3.63) is 24.1 Å². The average Bonchev–Trinajstić information content (AvgIpc) is 1.65. The molecule has 0 aromatic heterocycles. The van der Waals surface area contributed by atoms with Crippen LogP contribution in [0.5, 0.6) is 0 Å². The minimum atomic E-state index is 0.00917. The Bertz CT molecular complexity index is 135. The van der Waals surface area contributed by atoms with Crippen LogP contribution in [0.1, 0.15) is 6.92 Å². The Balaban J connectivity index is 3.94. The molecule has 0 atom stereocenters. The van der Waals surface area contributed by atoms with Gasteiger partial charge in [0.15, 0.2) is 0 Å². The summed E-state index contributed by atoms with van der Waals surface area (Å²) in [6.45, 7) is 8.21. The summed E-state index contributed by atoms with van der Waals surface area (Å²) in [5.74, 6) is 0.00917. The Labute approximate surface area is 48.9 Å². The lowest BCUT2D eigenvalue weighted by atomic mass is 10.4. The quantitative estimate of drug-likeness (QED) is 0.328. The average molecular weight is 111 g/mol. The summed E-state index contributed by atoms with van der Waals surface area (Å²) in [4.78, 5) is 3.52. The van der Waals surface area contributed by atoms with Crippen LogP contribution in [-0.4, -0.2) is 11.8 Å². The van der Waals surface area contributed by atoms with Crippen LogP contribution in [-0.2, 0) is 0 Å². The third-order valence-corrected chi connectivity index (χ3v) is 0.625. The molecule has 0 aromatic rings. The van der Waals surface area contributed by atoms with Crippen molar-refractivity contribution in [1.82, 2.24) is 0 Å². The number of aliphatic hydroxyl groups is 1. The lowest BCUT2D eigenvalue weighted by Crippen LogP contribution is -1.71. The molecule has 1 N–H and O–H groups in total. The number of allylic oxidation sites excluding steroid dienone is 2. The van der Waals surface area contributed by atoms with Crippen molar-refractivity contribution in [2.45, 2.75) is 6.92 Å². The zero-order chi connectivity index (χ0) is 6.57. The maximum absolute atomic E-state index is 8.50. The summed E-state index contributed by atoms with van der Waals surface area (Å²) in [7, 11) is 0. The first-order valence-electron chi connectivity index (χ1n) is 2.19. The minimum Gasteiger partial charge on any atom is -0.509 e. The molecule has 0 rings (SSSR count). The van der Waals surface area contributed by atoms with Gasteiger partial charge in [-0.3, -0.25) is 4.99 Å². The predicted octanol–water partition coefficient (Wildman–Crippen LogP) is 1.66. The number of aliphatic imine (C=N–C) groups is 1. The standard InChI is InChI=1S/C6H9NO/c1-5(7-3)4-6(2)8/h4,8H,2-3H2,1H3/b5-4+. The van der Waals surface area contributed by atoms with E-state index in [4.69, 9.17) is 5.11 Å². The predicted molar refractivity (Wildman–Crippen MR) is 35.1 cm³/mol. The molecule has 0 bridgehead atoms. The van der Waals surface area contributed by atoms with Crippen LogP contribution < -0.4 is 0 Å². The molecular formula is C6H9NO. The fraction of sp³-hybridized carbons (Fsp3) is 0.167. The molecule has 8 heavy (non-hydrogen) atoms. The van der Waals surface area contributed by atoms with E-state index in [9.17, 15) is 0 Å². The molecule has 0 aliphatic rings. The molecule has 2 nitrogen and oxygen atoms in total. The smallest absolute Gasteiger partial charge is 0.110 e. The van der Waals surface area contributed by atoms with Crippen LogP contribution in [0, 0.1) is 0 Å². The molecule has 0 unspecified atom stereocenters. The molecule has 0 aromatic carbocycles. The largest absolute Gasteiger partial charge is 0.509 e. The van der Waals surface area contributed by atoms with Gasteiger partial charge >= 0.3 is 0 Å². The first-order chi connectivity index (χ1) is 3.66. The molecule has 0 radical (unpaired) electrons. The van der Waals surface area contributed by atoms with E-state index in [0.29, 0.717) is 5.70 Å². The first-order valence-corrected chi connectivity index (χ1v) is 2.19. The summed E-state index contributed by atoms with van der Waals surface area (Å²) in [6, 6.07) is 0. The van der Waals surface area contributed by atoms with Gasteiger partial charge in [0.2, 0.25) is 0 Å². The first kappa shape index (κ1) is 6.95. The highest BCUT2D eigenvalue weighted by Crippen LogP contribution is 1.95. The van der Waals surface area contributed by atoms with Crippen molar-refractivity contribution in [2.75, 3.05) is 0 Å². The Morgan fingerprint density at radius 2 is 2.25 bits per heavy atom. The highest BCUT2D eigenvalue weighted by Gasteiger charge is 1.80. The molecule has 0 spiro atoms.